The lowest BCUT2D eigenvalue weighted by molar-refractivity contribution is -0.116. The Kier molecular flexibility index (Phi) is 3.57. The predicted molar refractivity (Wildman–Crippen MR) is 81.0 cm³/mol. The fraction of sp³-hybridized carbons (Fsp3) is 0.0714. The maximum Gasteiger partial charge on any atom is 0.421 e. The van der Waals surface area contributed by atoms with Crippen LogP contribution in [0.3, 0.4) is 0 Å². The van der Waals surface area contributed by atoms with Gasteiger partial charge < -0.3 is 9.73 Å². The number of hydrogen-bond donors (Lipinski definition) is 1. The molecule has 1 amide bonds. The van der Waals surface area contributed by atoms with Crippen LogP contribution in [-0.4, -0.2) is 15.5 Å². The highest BCUT2D eigenvalue weighted by atomic mass is 79.9. The highest BCUT2D eigenvalue weighted by Gasteiger charge is 2.14. The second kappa shape index (κ2) is 5.53. The molecule has 0 saturated heterocycles. The second-order valence-corrected chi connectivity index (χ2v) is 5.16. The first-order valence-electron chi connectivity index (χ1n) is 6.14. The zero-order chi connectivity index (χ0) is 14.8. The molecule has 3 aromatic rings. The van der Waals surface area contributed by atoms with Crippen LogP contribution in [0.4, 0.5) is 5.69 Å². The van der Waals surface area contributed by atoms with Crippen LogP contribution in [-0.2, 0) is 11.3 Å². The molecule has 0 bridgehead atoms. The summed E-state index contributed by atoms with van der Waals surface area (Å²) in [5, 5.41) is 2.73. The van der Waals surface area contributed by atoms with Gasteiger partial charge in [-0.05, 0) is 40.2 Å². The Morgan fingerprint density at radius 1 is 1.29 bits per heavy atom. The van der Waals surface area contributed by atoms with Crippen molar-refractivity contribution < 1.29 is 9.21 Å². The standard InChI is InChI=1S/C14H10BrN3O3/c15-9-4-1-2-5-10(9)17-12(19)8-18-13-11(21-14(18)20)6-3-7-16-13/h1-7H,8H2,(H,17,19). The molecule has 0 radical (unpaired) electrons. The Hall–Kier alpha value is -2.41. The summed E-state index contributed by atoms with van der Waals surface area (Å²) >= 11 is 3.34. The lowest BCUT2D eigenvalue weighted by Gasteiger charge is -2.07. The van der Waals surface area contributed by atoms with Gasteiger partial charge in [0.15, 0.2) is 11.2 Å². The Balaban J connectivity index is 1.86. The Labute approximate surface area is 127 Å². The minimum absolute atomic E-state index is 0.163. The normalized spacial score (nSPS) is 10.7. The number of carbonyl (C=O) groups excluding carboxylic acids is 1. The molecule has 0 saturated carbocycles. The molecule has 2 heterocycles. The number of oxazole rings is 1. The average Bonchev–Trinajstić information content (AvgIpc) is 2.78. The van der Waals surface area contributed by atoms with Crippen molar-refractivity contribution >= 4 is 38.8 Å². The summed E-state index contributed by atoms with van der Waals surface area (Å²) in [7, 11) is 0. The Bertz CT molecular complexity index is 869. The number of fused-ring (bicyclic) bond motifs is 1. The minimum Gasteiger partial charge on any atom is -0.406 e. The molecule has 106 valence electrons. The van der Waals surface area contributed by atoms with E-state index in [4.69, 9.17) is 4.42 Å². The van der Waals surface area contributed by atoms with Gasteiger partial charge in [0.1, 0.15) is 6.54 Å². The smallest absolute Gasteiger partial charge is 0.406 e. The van der Waals surface area contributed by atoms with Crippen LogP contribution in [0.5, 0.6) is 0 Å². The van der Waals surface area contributed by atoms with E-state index in [2.05, 4.69) is 26.2 Å². The third kappa shape index (κ3) is 2.73. The van der Waals surface area contributed by atoms with Gasteiger partial charge in [-0.25, -0.2) is 14.3 Å². The van der Waals surface area contributed by atoms with E-state index in [1.54, 1.807) is 30.5 Å². The lowest BCUT2D eigenvalue weighted by atomic mass is 10.3. The number of nitrogens with zero attached hydrogens (tertiary/aromatic N) is 2. The van der Waals surface area contributed by atoms with E-state index in [0.717, 1.165) is 4.47 Å². The fourth-order valence-corrected chi connectivity index (χ4v) is 2.32. The third-order valence-electron chi connectivity index (χ3n) is 2.87. The molecule has 0 fully saturated rings. The number of carbonyl (C=O) groups is 1. The van der Waals surface area contributed by atoms with Crippen LogP contribution >= 0.6 is 15.9 Å². The Morgan fingerprint density at radius 3 is 2.90 bits per heavy atom. The molecule has 21 heavy (non-hydrogen) atoms. The van der Waals surface area contributed by atoms with Gasteiger partial charge in [0, 0.05) is 10.7 Å². The van der Waals surface area contributed by atoms with E-state index < -0.39 is 5.76 Å². The second-order valence-electron chi connectivity index (χ2n) is 4.31. The number of anilines is 1. The summed E-state index contributed by atoms with van der Waals surface area (Å²) in [6, 6.07) is 10.5. The molecule has 7 heteroatoms. The van der Waals surface area contributed by atoms with E-state index in [-0.39, 0.29) is 12.5 Å². The van der Waals surface area contributed by atoms with Gasteiger partial charge in [0.2, 0.25) is 5.91 Å². The zero-order valence-electron chi connectivity index (χ0n) is 10.7. The first kappa shape index (κ1) is 13.6. The summed E-state index contributed by atoms with van der Waals surface area (Å²) in [5.41, 5.74) is 1.34. The van der Waals surface area contributed by atoms with Crippen molar-refractivity contribution in [2.75, 3.05) is 5.32 Å². The van der Waals surface area contributed by atoms with Gasteiger partial charge in [-0.2, -0.15) is 0 Å². The van der Waals surface area contributed by atoms with Gasteiger partial charge in [0.25, 0.3) is 0 Å². The monoisotopic (exact) mass is 347 g/mol. The molecule has 0 aliphatic heterocycles. The van der Waals surface area contributed by atoms with E-state index in [9.17, 15) is 9.59 Å². The molecule has 1 N–H and O–H groups in total. The quantitative estimate of drug-likeness (QED) is 0.789. The van der Waals surface area contributed by atoms with Crippen molar-refractivity contribution in [3.8, 4) is 0 Å². The molecule has 2 aromatic heterocycles. The van der Waals surface area contributed by atoms with E-state index in [0.29, 0.717) is 16.9 Å². The number of aromatic nitrogens is 2. The molecule has 1 aromatic carbocycles. The number of amides is 1. The van der Waals surface area contributed by atoms with Crippen molar-refractivity contribution in [3.05, 3.63) is 57.6 Å². The molecule has 0 unspecified atom stereocenters. The van der Waals surface area contributed by atoms with Gasteiger partial charge in [-0.15, -0.1) is 0 Å². The fourth-order valence-electron chi connectivity index (χ4n) is 1.94. The number of pyridine rings is 1. The highest BCUT2D eigenvalue weighted by Crippen LogP contribution is 2.21. The van der Waals surface area contributed by atoms with Gasteiger partial charge in [0.05, 0.1) is 5.69 Å². The summed E-state index contributed by atoms with van der Waals surface area (Å²) in [4.78, 5) is 27.9. The Morgan fingerprint density at radius 2 is 2.10 bits per heavy atom. The van der Waals surface area contributed by atoms with Crippen LogP contribution in [0, 0.1) is 0 Å². The van der Waals surface area contributed by atoms with Crippen molar-refractivity contribution in [3.63, 3.8) is 0 Å². The molecule has 0 spiro atoms. The maximum absolute atomic E-state index is 12.1. The predicted octanol–water partition coefficient (Wildman–Crippen LogP) is 2.39. The molecule has 0 atom stereocenters. The number of halogens is 1. The van der Waals surface area contributed by atoms with E-state index in [1.807, 2.05) is 12.1 Å². The van der Waals surface area contributed by atoms with E-state index in [1.165, 1.54) is 4.57 Å². The van der Waals surface area contributed by atoms with Crippen molar-refractivity contribution in [1.82, 2.24) is 9.55 Å². The van der Waals surface area contributed by atoms with Crippen LogP contribution < -0.4 is 11.1 Å². The minimum atomic E-state index is -0.606. The number of rotatable bonds is 3. The first-order chi connectivity index (χ1) is 10.1. The number of para-hydroxylation sites is 1. The van der Waals surface area contributed by atoms with Crippen molar-refractivity contribution in [2.24, 2.45) is 0 Å². The number of hydrogen-bond acceptors (Lipinski definition) is 4. The van der Waals surface area contributed by atoms with Crippen molar-refractivity contribution in [1.29, 1.82) is 0 Å². The molecular formula is C14H10BrN3O3. The topological polar surface area (TPSA) is 77.1 Å². The zero-order valence-corrected chi connectivity index (χ0v) is 12.3. The largest absolute Gasteiger partial charge is 0.421 e. The van der Waals surface area contributed by atoms with Gasteiger partial charge >= 0.3 is 5.76 Å². The number of nitrogens with one attached hydrogen (secondary N) is 1. The lowest BCUT2D eigenvalue weighted by Crippen LogP contribution is -2.25. The molecule has 3 rings (SSSR count). The highest BCUT2D eigenvalue weighted by molar-refractivity contribution is 9.10. The first-order valence-corrected chi connectivity index (χ1v) is 6.93. The van der Waals surface area contributed by atoms with Crippen LogP contribution in [0.15, 0.2) is 56.3 Å². The number of benzene rings is 1. The summed E-state index contributed by atoms with van der Waals surface area (Å²) in [6.07, 6.45) is 1.54. The van der Waals surface area contributed by atoms with Gasteiger partial charge in [-0.3, -0.25) is 4.79 Å². The SMILES string of the molecule is O=C(Cn1c(=O)oc2cccnc21)Nc1ccccc1Br. The van der Waals surface area contributed by atoms with Crippen molar-refractivity contribution in [2.45, 2.75) is 6.54 Å². The van der Waals surface area contributed by atoms with E-state index >= 15 is 0 Å². The van der Waals surface area contributed by atoms with Crippen LogP contribution in [0.1, 0.15) is 0 Å². The maximum atomic E-state index is 12.1. The van der Waals surface area contributed by atoms with Gasteiger partial charge in [-0.1, -0.05) is 12.1 Å². The molecule has 0 aliphatic rings. The third-order valence-corrected chi connectivity index (χ3v) is 3.57. The average molecular weight is 348 g/mol. The summed E-state index contributed by atoms with van der Waals surface area (Å²) in [6.45, 7) is -0.163. The van der Waals surface area contributed by atoms with Crippen LogP contribution in [0.25, 0.3) is 11.2 Å². The molecular weight excluding hydrogens is 338 g/mol. The molecule has 6 nitrogen and oxygen atoms in total. The van der Waals surface area contributed by atoms with Crippen LogP contribution in [0.2, 0.25) is 0 Å². The molecule has 0 aliphatic carbocycles. The summed E-state index contributed by atoms with van der Waals surface area (Å²) in [5.74, 6) is -0.941. The summed E-state index contributed by atoms with van der Waals surface area (Å²) < 4.78 is 6.99.